The van der Waals surface area contributed by atoms with Crippen molar-refractivity contribution in [1.29, 1.82) is 0 Å². The summed E-state index contributed by atoms with van der Waals surface area (Å²) < 4.78 is 5.04. The zero-order valence-corrected chi connectivity index (χ0v) is 13.3. The largest absolute Gasteiger partial charge is 0.383 e. The van der Waals surface area contributed by atoms with Gasteiger partial charge in [-0.2, -0.15) is 0 Å². The van der Waals surface area contributed by atoms with Crippen molar-refractivity contribution >= 4 is 5.69 Å². The minimum atomic E-state index is 0.765. The van der Waals surface area contributed by atoms with Crippen molar-refractivity contribution in [2.24, 2.45) is 11.8 Å². The van der Waals surface area contributed by atoms with Crippen LogP contribution in [-0.2, 0) is 11.3 Å². The number of aryl methyl sites for hydroxylation is 1. The summed E-state index contributed by atoms with van der Waals surface area (Å²) in [6.45, 7) is 11.9. The summed E-state index contributed by atoms with van der Waals surface area (Å²) in [5.41, 5.74) is 4.14. The van der Waals surface area contributed by atoms with E-state index in [-0.39, 0.29) is 0 Å². The lowest BCUT2D eigenvalue weighted by Gasteiger charge is -2.21. The Morgan fingerprint density at radius 3 is 2.55 bits per heavy atom. The number of hydrogen-bond acceptors (Lipinski definition) is 3. The summed E-state index contributed by atoms with van der Waals surface area (Å²) in [6, 6.07) is 6.84. The van der Waals surface area contributed by atoms with E-state index in [9.17, 15) is 0 Å². The smallest absolute Gasteiger partial charge is 0.0587 e. The highest BCUT2D eigenvalue weighted by molar-refractivity contribution is 5.55. The Morgan fingerprint density at radius 1 is 1.25 bits per heavy atom. The summed E-state index contributed by atoms with van der Waals surface area (Å²) >= 11 is 0. The molecule has 0 spiro atoms. The third-order valence-electron chi connectivity index (χ3n) is 4.40. The molecule has 0 radical (unpaired) electrons. The second-order valence-corrected chi connectivity index (χ2v) is 6.15. The van der Waals surface area contributed by atoms with Crippen LogP contribution >= 0.6 is 0 Å². The summed E-state index contributed by atoms with van der Waals surface area (Å²) in [4.78, 5) is 2.53. The number of nitrogens with one attached hydrogen (secondary N) is 1. The maximum Gasteiger partial charge on any atom is 0.0587 e. The van der Waals surface area contributed by atoms with Gasteiger partial charge in [0, 0.05) is 39.0 Å². The molecule has 0 amide bonds. The first-order valence-electron chi connectivity index (χ1n) is 7.66. The summed E-state index contributed by atoms with van der Waals surface area (Å²) in [6.07, 6.45) is 0. The third-order valence-corrected chi connectivity index (χ3v) is 4.40. The Balaban J connectivity index is 1.96. The van der Waals surface area contributed by atoms with Crippen LogP contribution in [0.1, 0.15) is 25.0 Å². The molecule has 3 heteroatoms. The standard InChI is InChI=1S/C17H28N2O/c1-13-9-16(10-18-7-8-20-4)5-6-17(13)19-11-14(2)15(3)12-19/h5-6,9,14-15,18H,7-8,10-12H2,1-4H3. The fourth-order valence-corrected chi connectivity index (χ4v) is 2.92. The second-order valence-electron chi connectivity index (χ2n) is 6.15. The van der Waals surface area contributed by atoms with Crippen LogP contribution in [0.3, 0.4) is 0 Å². The lowest BCUT2D eigenvalue weighted by atomic mass is 10.0. The quantitative estimate of drug-likeness (QED) is 0.809. The molecule has 112 valence electrons. The van der Waals surface area contributed by atoms with Gasteiger partial charge in [0.25, 0.3) is 0 Å². The van der Waals surface area contributed by atoms with Crippen LogP contribution < -0.4 is 10.2 Å². The molecule has 1 aromatic carbocycles. The SMILES string of the molecule is COCCNCc1ccc(N2CC(C)C(C)C2)c(C)c1. The molecule has 2 atom stereocenters. The second kappa shape index (κ2) is 7.09. The van der Waals surface area contributed by atoms with Gasteiger partial charge in [-0.1, -0.05) is 26.0 Å². The number of rotatable bonds is 6. The predicted molar refractivity (Wildman–Crippen MR) is 85.3 cm³/mol. The molecular weight excluding hydrogens is 248 g/mol. The summed E-state index contributed by atoms with van der Waals surface area (Å²) in [5, 5.41) is 3.39. The Morgan fingerprint density at radius 2 is 1.95 bits per heavy atom. The van der Waals surface area contributed by atoms with Crippen molar-refractivity contribution in [2.45, 2.75) is 27.3 Å². The molecule has 0 aromatic heterocycles. The van der Waals surface area contributed by atoms with Crippen LogP contribution in [0.25, 0.3) is 0 Å². The molecule has 20 heavy (non-hydrogen) atoms. The van der Waals surface area contributed by atoms with E-state index >= 15 is 0 Å². The van der Waals surface area contributed by atoms with E-state index < -0.39 is 0 Å². The molecule has 1 fully saturated rings. The van der Waals surface area contributed by atoms with Crippen molar-refractivity contribution < 1.29 is 4.74 Å². The van der Waals surface area contributed by atoms with Crippen molar-refractivity contribution in [3.63, 3.8) is 0 Å². The van der Waals surface area contributed by atoms with Crippen LogP contribution in [0.5, 0.6) is 0 Å². The Kier molecular flexibility index (Phi) is 5.44. The molecule has 2 unspecified atom stereocenters. The van der Waals surface area contributed by atoms with E-state index in [0.29, 0.717) is 0 Å². The average molecular weight is 276 g/mol. The monoisotopic (exact) mass is 276 g/mol. The number of anilines is 1. The van der Waals surface area contributed by atoms with E-state index in [1.807, 2.05) is 0 Å². The molecule has 1 N–H and O–H groups in total. The maximum atomic E-state index is 5.04. The number of methoxy groups -OCH3 is 1. The minimum Gasteiger partial charge on any atom is -0.383 e. The molecule has 3 nitrogen and oxygen atoms in total. The zero-order valence-electron chi connectivity index (χ0n) is 13.3. The van der Waals surface area contributed by atoms with Crippen LogP contribution in [0.15, 0.2) is 18.2 Å². The van der Waals surface area contributed by atoms with E-state index in [2.05, 4.69) is 49.2 Å². The molecule has 1 aliphatic rings. The number of nitrogens with zero attached hydrogens (tertiary/aromatic N) is 1. The zero-order chi connectivity index (χ0) is 14.5. The van der Waals surface area contributed by atoms with Gasteiger partial charge in [0.15, 0.2) is 0 Å². The average Bonchev–Trinajstić information content (AvgIpc) is 2.75. The van der Waals surface area contributed by atoms with E-state index in [0.717, 1.165) is 31.5 Å². The number of benzene rings is 1. The van der Waals surface area contributed by atoms with Crippen LogP contribution in [0.4, 0.5) is 5.69 Å². The van der Waals surface area contributed by atoms with Crippen LogP contribution in [0.2, 0.25) is 0 Å². The van der Waals surface area contributed by atoms with Gasteiger partial charge in [-0.05, 0) is 36.0 Å². The Labute approximate surface area is 123 Å². The van der Waals surface area contributed by atoms with E-state index in [1.54, 1.807) is 7.11 Å². The van der Waals surface area contributed by atoms with Gasteiger partial charge in [-0.25, -0.2) is 0 Å². The molecule has 1 aromatic rings. The minimum absolute atomic E-state index is 0.765. The van der Waals surface area contributed by atoms with Crippen molar-refractivity contribution in [3.8, 4) is 0 Å². The van der Waals surface area contributed by atoms with Crippen LogP contribution in [-0.4, -0.2) is 33.4 Å². The molecule has 2 rings (SSSR count). The van der Waals surface area contributed by atoms with Crippen molar-refractivity contribution in [2.75, 3.05) is 38.3 Å². The van der Waals surface area contributed by atoms with Gasteiger partial charge in [-0.3, -0.25) is 0 Å². The third kappa shape index (κ3) is 3.74. The lowest BCUT2D eigenvalue weighted by molar-refractivity contribution is 0.199. The highest BCUT2D eigenvalue weighted by Gasteiger charge is 2.26. The fourth-order valence-electron chi connectivity index (χ4n) is 2.92. The van der Waals surface area contributed by atoms with Gasteiger partial charge in [-0.15, -0.1) is 0 Å². The first-order chi connectivity index (χ1) is 9.61. The highest BCUT2D eigenvalue weighted by atomic mass is 16.5. The van der Waals surface area contributed by atoms with Crippen molar-refractivity contribution in [3.05, 3.63) is 29.3 Å². The van der Waals surface area contributed by atoms with Gasteiger partial charge < -0.3 is 15.0 Å². The highest BCUT2D eigenvalue weighted by Crippen LogP contribution is 2.30. The van der Waals surface area contributed by atoms with Gasteiger partial charge in [0.2, 0.25) is 0 Å². The molecule has 0 bridgehead atoms. The molecule has 1 saturated heterocycles. The van der Waals surface area contributed by atoms with Crippen molar-refractivity contribution in [1.82, 2.24) is 5.32 Å². The summed E-state index contributed by atoms with van der Waals surface area (Å²) in [5.74, 6) is 1.59. The van der Waals surface area contributed by atoms with Gasteiger partial charge >= 0.3 is 0 Å². The number of ether oxygens (including phenoxy) is 1. The topological polar surface area (TPSA) is 24.5 Å². The fraction of sp³-hybridized carbons (Fsp3) is 0.647. The maximum absolute atomic E-state index is 5.04. The number of hydrogen-bond donors (Lipinski definition) is 1. The van der Waals surface area contributed by atoms with Gasteiger partial charge in [0.05, 0.1) is 6.61 Å². The first kappa shape index (κ1) is 15.3. The van der Waals surface area contributed by atoms with E-state index in [4.69, 9.17) is 4.74 Å². The molecule has 0 aliphatic carbocycles. The molecular formula is C17H28N2O. The van der Waals surface area contributed by atoms with E-state index in [1.165, 1.54) is 29.9 Å². The molecule has 1 aliphatic heterocycles. The Bertz CT molecular complexity index is 423. The predicted octanol–water partition coefficient (Wildman–Crippen LogP) is 2.82. The van der Waals surface area contributed by atoms with Gasteiger partial charge in [0.1, 0.15) is 0 Å². The summed E-state index contributed by atoms with van der Waals surface area (Å²) in [7, 11) is 1.73. The van der Waals surface area contributed by atoms with Crippen LogP contribution in [0, 0.1) is 18.8 Å². The lowest BCUT2D eigenvalue weighted by Crippen LogP contribution is -2.21. The molecule has 1 heterocycles. The first-order valence-corrected chi connectivity index (χ1v) is 7.66. The normalized spacial score (nSPS) is 22.5. The Hall–Kier alpha value is -1.06. The molecule has 0 saturated carbocycles.